The van der Waals surface area contributed by atoms with Gasteiger partial charge in [-0.05, 0) is 30.5 Å². The second-order valence-corrected chi connectivity index (χ2v) is 7.16. The predicted molar refractivity (Wildman–Crippen MR) is 103 cm³/mol. The Kier molecular flexibility index (Phi) is 5.91. The van der Waals surface area contributed by atoms with E-state index in [-0.39, 0.29) is 5.91 Å². The monoisotopic (exact) mass is 355 g/mol. The summed E-state index contributed by atoms with van der Waals surface area (Å²) < 4.78 is 2.09. The molecule has 3 heterocycles. The Balaban J connectivity index is 1.61. The fourth-order valence-electron chi connectivity index (χ4n) is 3.64. The molecule has 0 bridgehead atoms. The van der Waals surface area contributed by atoms with Gasteiger partial charge in [-0.25, -0.2) is 9.97 Å². The molecule has 3 rings (SSSR count). The third-order valence-electron chi connectivity index (χ3n) is 5.16. The molecule has 1 atom stereocenters. The quantitative estimate of drug-likeness (QED) is 0.799. The number of piperidine rings is 1. The Bertz CT molecular complexity index is 739. The van der Waals surface area contributed by atoms with Crippen LogP contribution in [0, 0.1) is 0 Å². The first-order valence-electron chi connectivity index (χ1n) is 9.49. The van der Waals surface area contributed by atoms with Crippen LogP contribution < -0.4 is 4.90 Å². The molecule has 2 aromatic rings. The van der Waals surface area contributed by atoms with E-state index in [0.717, 1.165) is 44.0 Å². The van der Waals surface area contributed by atoms with E-state index in [2.05, 4.69) is 33.6 Å². The number of likely N-dealkylation sites (tertiary alicyclic amines) is 1. The lowest BCUT2D eigenvalue weighted by molar-refractivity contribution is -0.132. The maximum Gasteiger partial charge on any atom is 0.224 e. The number of rotatable bonds is 6. The molecule has 1 aliphatic rings. The number of hydrogen-bond donors (Lipinski definition) is 0. The molecule has 0 N–H and O–H groups in total. The molecular formula is C20H29N5O. The highest BCUT2D eigenvalue weighted by atomic mass is 16.2. The Hall–Kier alpha value is -2.37. The SMILES string of the molecule is CCc1nccn1CCC(=O)N1CCC[C@H](c2ccnc(N(C)C)c2)C1. The normalized spacial score (nSPS) is 17.3. The van der Waals surface area contributed by atoms with Crippen molar-refractivity contribution in [1.29, 1.82) is 0 Å². The number of hydrogen-bond acceptors (Lipinski definition) is 4. The highest BCUT2D eigenvalue weighted by molar-refractivity contribution is 5.76. The molecule has 0 aliphatic carbocycles. The van der Waals surface area contributed by atoms with E-state index in [1.54, 1.807) is 0 Å². The van der Waals surface area contributed by atoms with Crippen molar-refractivity contribution in [3.63, 3.8) is 0 Å². The van der Waals surface area contributed by atoms with E-state index in [1.807, 2.05) is 42.5 Å². The lowest BCUT2D eigenvalue weighted by Gasteiger charge is -2.33. The third-order valence-corrected chi connectivity index (χ3v) is 5.16. The summed E-state index contributed by atoms with van der Waals surface area (Å²) in [7, 11) is 4.01. The molecule has 0 saturated carbocycles. The summed E-state index contributed by atoms with van der Waals surface area (Å²) in [4.78, 5) is 25.5. The van der Waals surface area contributed by atoms with Crippen molar-refractivity contribution in [3.8, 4) is 0 Å². The first kappa shape index (κ1) is 18.4. The summed E-state index contributed by atoms with van der Waals surface area (Å²) in [5, 5.41) is 0. The van der Waals surface area contributed by atoms with Gasteiger partial charge in [-0.2, -0.15) is 0 Å². The molecule has 1 aliphatic heterocycles. The minimum Gasteiger partial charge on any atom is -0.363 e. The fraction of sp³-hybridized carbons (Fsp3) is 0.550. The maximum atomic E-state index is 12.7. The van der Waals surface area contributed by atoms with Gasteiger partial charge in [-0.3, -0.25) is 4.79 Å². The van der Waals surface area contributed by atoms with Crippen LogP contribution in [0.15, 0.2) is 30.7 Å². The van der Waals surface area contributed by atoms with E-state index in [9.17, 15) is 4.79 Å². The number of anilines is 1. The maximum absolute atomic E-state index is 12.7. The van der Waals surface area contributed by atoms with Crippen LogP contribution in [0.1, 0.15) is 43.5 Å². The number of carbonyl (C=O) groups is 1. The molecule has 26 heavy (non-hydrogen) atoms. The van der Waals surface area contributed by atoms with Gasteiger partial charge < -0.3 is 14.4 Å². The average molecular weight is 355 g/mol. The van der Waals surface area contributed by atoms with Crippen LogP contribution in [-0.4, -0.2) is 52.5 Å². The van der Waals surface area contributed by atoms with Gasteiger partial charge in [0.05, 0.1) is 0 Å². The summed E-state index contributed by atoms with van der Waals surface area (Å²) in [5.41, 5.74) is 1.28. The number of carbonyl (C=O) groups excluding carboxylic acids is 1. The Labute approximate surface area is 155 Å². The highest BCUT2D eigenvalue weighted by Gasteiger charge is 2.25. The van der Waals surface area contributed by atoms with Crippen molar-refractivity contribution in [3.05, 3.63) is 42.1 Å². The van der Waals surface area contributed by atoms with Crippen LogP contribution in [-0.2, 0) is 17.8 Å². The molecule has 0 aromatic carbocycles. The minimum absolute atomic E-state index is 0.243. The van der Waals surface area contributed by atoms with Crippen molar-refractivity contribution < 1.29 is 4.79 Å². The van der Waals surface area contributed by atoms with Crippen LogP contribution in [0.25, 0.3) is 0 Å². The van der Waals surface area contributed by atoms with Crippen LogP contribution in [0.4, 0.5) is 5.82 Å². The van der Waals surface area contributed by atoms with Gasteiger partial charge in [0, 0.05) is 71.1 Å². The number of pyridine rings is 1. The summed E-state index contributed by atoms with van der Waals surface area (Å²) in [6, 6.07) is 4.24. The molecule has 1 fully saturated rings. The second kappa shape index (κ2) is 8.34. The average Bonchev–Trinajstić information content (AvgIpc) is 3.14. The lowest BCUT2D eigenvalue weighted by Crippen LogP contribution is -2.39. The van der Waals surface area contributed by atoms with E-state index in [1.165, 1.54) is 5.56 Å². The Morgan fingerprint density at radius 2 is 2.15 bits per heavy atom. The van der Waals surface area contributed by atoms with Crippen molar-refractivity contribution in [2.45, 2.75) is 45.1 Å². The zero-order chi connectivity index (χ0) is 18.5. The lowest BCUT2D eigenvalue weighted by atomic mass is 9.91. The first-order valence-corrected chi connectivity index (χ1v) is 9.49. The number of amides is 1. The molecule has 0 radical (unpaired) electrons. The number of aryl methyl sites for hydroxylation is 2. The predicted octanol–water partition coefficient (Wildman–Crippen LogP) is 2.70. The van der Waals surface area contributed by atoms with Gasteiger partial charge in [0.15, 0.2) is 0 Å². The Morgan fingerprint density at radius 3 is 2.92 bits per heavy atom. The van der Waals surface area contributed by atoms with Gasteiger partial charge in [0.25, 0.3) is 0 Å². The molecule has 0 spiro atoms. The molecule has 1 saturated heterocycles. The van der Waals surface area contributed by atoms with E-state index >= 15 is 0 Å². The largest absolute Gasteiger partial charge is 0.363 e. The molecular weight excluding hydrogens is 326 g/mol. The van der Waals surface area contributed by atoms with Gasteiger partial charge >= 0.3 is 0 Å². The number of nitrogens with zero attached hydrogens (tertiary/aromatic N) is 5. The van der Waals surface area contributed by atoms with E-state index < -0.39 is 0 Å². The van der Waals surface area contributed by atoms with Crippen molar-refractivity contribution >= 4 is 11.7 Å². The fourth-order valence-corrected chi connectivity index (χ4v) is 3.64. The van der Waals surface area contributed by atoms with Crippen LogP contribution >= 0.6 is 0 Å². The van der Waals surface area contributed by atoms with Gasteiger partial charge in [0.2, 0.25) is 5.91 Å². The molecule has 2 aromatic heterocycles. The molecule has 1 amide bonds. The minimum atomic E-state index is 0.243. The van der Waals surface area contributed by atoms with Crippen molar-refractivity contribution in [2.75, 3.05) is 32.1 Å². The highest BCUT2D eigenvalue weighted by Crippen LogP contribution is 2.28. The third kappa shape index (κ3) is 4.23. The molecule has 6 nitrogen and oxygen atoms in total. The van der Waals surface area contributed by atoms with Crippen molar-refractivity contribution in [2.24, 2.45) is 0 Å². The Morgan fingerprint density at radius 1 is 1.31 bits per heavy atom. The second-order valence-electron chi connectivity index (χ2n) is 7.16. The van der Waals surface area contributed by atoms with Crippen LogP contribution in [0.3, 0.4) is 0 Å². The summed E-state index contributed by atoms with van der Waals surface area (Å²) >= 11 is 0. The molecule has 6 heteroatoms. The van der Waals surface area contributed by atoms with Crippen LogP contribution in [0.2, 0.25) is 0 Å². The zero-order valence-electron chi connectivity index (χ0n) is 16.1. The van der Waals surface area contributed by atoms with Crippen molar-refractivity contribution in [1.82, 2.24) is 19.4 Å². The number of imidazole rings is 1. The van der Waals surface area contributed by atoms with Crippen LogP contribution in [0.5, 0.6) is 0 Å². The smallest absolute Gasteiger partial charge is 0.224 e. The number of aromatic nitrogens is 3. The summed E-state index contributed by atoms with van der Waals surface area (Å²) in [6.07, 6.45) is 9.26. The summed E-state index contributed by atoms with van der Waals surface area (Å²) in [5.74, 6) is 2.65. The topological polar surface area (TPSA) is 54.3 Å². The summed E-state index contributed by atoms with van der Waals surface area (Å²) in [6.45, 7) is 4.47. The van der Waals surface area contributed by atoms with E-state index in [4.69, 9.17) is 0 Å². The van der Waals surface area contributed by atoms with Gasteiger partial charge in [-0.15, -0.1) is 0 Å². The van der Waals surface area contributed by atoms with Gasteiger partial charge in [-0.1, -0.05) is 6.92 Å². The van der Waals surface area contributed by atoms with E-state index in [0.29, 0.717) is 18.9 Å². The molecule has 0 unspecified atom stereocenters. The van der Waals surface area contributed by atoms with Gasteiger partial charge in [0.1, 0.15) is 11.6 Å². The molecule has 140 valence electrons. The standard InChI is InChI=1S/C20H29N5O/c1-4-18-22-10-13-24(18)12-8-20(26)25-11-5-6-17(15-25)16-7-9-21-19(14-16)23(2)3/h7,9-10,13-14,17H,4-6,8,11-12,15H2,1-3H3/t17-/m0/s1. The zero-order valence-corrected chi connectivity index (χ0v) is 16.1. The first-order chi connectivity index (χ1) is 12.6.